The number of aromatic nitrogens is 3. The van der Waals surface area contributed by atoms with Crippen molar-refractivity contribution in [1.82, 2.24) is 14.5 Å². The van der Waals surface area contributed by atoms with E-state index in [-0.39, 0.29) is 5.82 Å². The maximum Gasteiger partial charge on any atom is 0.128 e. The van der Waals surface area contributed by atoms with Crippen LogP contribution in [0.2, 0.25) is 0 Å². The van der Waals surface area contributed by atoms with Crippen molar-refractivity contribution in [3.05, 3.63) is 45.4 Å². The average Bonchev–Trinajstić information content (AvgIpc) is 2.96. The second-order valence-corrected chi connectivity index (χ2v) is 5.91. The van der Waals surface area contributed by atoms with Gasteiger partial charge < -0.3 is 4.57 Å². The van der Waals surface area contributed by atoms with Gasteiger partial charge in [0.2, 0.25) is 0 Å². The van der Waals surface area contributed by atoms with Crippen LogP contribution in [0.3, 0.4) is 0 Å². The van der Waals surface area contributed by atoms with Gasteiger partial charge in [0.15, 0.2) is 0 Å². The molecule has 0 radical (unpaired) electrons. The predicted molar refractivity (Wildman–Crippen MR) is 79.9 cm³/mol. The second kappa shape index (κ2) is 5.14. The first-order chi connectivity index (χ1) is 9.60. The highest BCUT2D eigenvalue weighted by atomic mass is 35.5. The predicted octanol–water partition coefficient (Wildman–Crippen LogP) is 4.04. The van der Waals surface area contributed by atoms with Crippen molar-refractivity contribution in [2.75, 3.05) is 0 Å². The highest BCUT2D eigenvalue weighted by molar-refractivity contribution is 7.09. The lowest BCUT2D eigenvalue weighted by Crippen LogP contribution is -2.03. The molecular formula is C14H13ClFN3S. The van der Waals surface area contributed by atoms with Crippen LogP contribution in [0.5, 0.6) is 0 Å². The number of thiazole rings is 1. The summed E-state index contributed by atoms with van der Waals surface area (Å²) in [5.41, 5.74) is 5.00. The van der Waals surface area contributed by atoms with Crippen LogP contribution < -0.4 is 0 Å². The van der Waals surface area contributed by atoms with E-state index in [1.54, 1.807) is 18.3 Å². The number of halogens is 2. The Hall–Kier alpha value is -1.46. The highest BCUT2D eigenvalue weighted by Gasteiger charge is 2.14. The summed E-state index contributed by atoms with van der Waals surface area (Å²) in [4.78, 5) is 9.84. The first-order valence-electron chi connectivity index (χ1n) is 6.20. The minimum absolute atomic E-state index is 0.239. The maximum atomic E-state index is 13.6. The van der Waals surface area contributed by atoms with Crippen molar-refractivity contribution < 1.29 is 4.39 Å². The molecule has 20 heavy (non-hydrogen) atoms. The summed E-state index contributed by atoms with van der Waals surface area (Å²) in [5.74, 6) is 0.810. The minimum atomic E-state index is -0.239. The zero-order chi connectivity index (χ0) is 14.3. The van der Waals surface area contributed by atoms with Crippen LogP contribution in [0.15, 0.2) is 17.6 Å². The van der Waals surface area contributed by atoms with Crippen molar-refractivity contribution in [2.24, 2.45) is 0 Å². The Bertz CT molecular complexity index is 778. The molecule has 104 valence electrons. The fourth-order valence-corrected chi connectivity index (χ4v) is 3.17. The van der Waals surface area contributed by atoms with Gasteiger partial charge in [0, 0.05) is 10.9 Å². The van der Waals surface area contributed by atoms with Gasteiger partial charge in [0.1, 0.15) is 11.6 Å². The Labute approximate surface area is 125 Å². The molecule has 6 heteroatoms. The van der Waals surface area contributed by atoms with E-state index in [2.05, 4.69) is 9.97 Å². The van der Waals surface area contributed by atoms with Gasteiger partial charge in [-0.25, -0.2) is 14.4 Å². The van der Waals surface area contributed by atoms with Crippen molar-refractivity contribution in [1.29, 1.82) is 0 Å². The quantitative estimate of drug-likeness (QED) is 0.684. The molecule has 0 saturated carbocycles. The van der Waals surface area contributed by atoms with Crippen LogP contribution >= 0.6 is 22.9 Å². The van der Waals surface area contributed by atoms with E-state index < -0.39 is 0 Å². The molecule has 0 bridgehead atoms. The van der Waals surface area contributed by atoms with E-state index in [0.29, 0.717) is 23.5 Å². The zero-order valence-corrected chi connectivity index (χ0v) is 12.7. The van der Waals surface area contributed by atoms with Gasteiger partial charge in [-0.1, -0.05) is 0 Å². The lowest BCUT2D eigenvalue weighted by Gasteiger charge is -2.07. The molecule has 0 aliphatic carbocycles. The molecule has 0 aliphatic heterocycles. The fourth-order valence-electron chi connectivity index (χ4n) is 2.20. The number of hydrogen-bond acceptors (Lipinski definition) is 3. The zero-order valence-electron chi connectivity index (χ0n) is 11.2. The number of nitrogens with zero attached hydrogens (tertiary/aromatic N) is 3. The average molecular weight is 310 g/mol. The third-order valence-corrected chi connectivity index (χ3v) is 4.53. The van der Waals surface area contributed by atoms with Crippen LogP contribution in [0, 0.1) is 19.7 Å². The van der Waals surface area contributed by atoms with E-state index in [1.165, 1.54) is 6.07 Å². The lowest BCUT2D eigenvalue weighted by atomic mass is 10.2. The summed E-state index contributed by atoms with van der Waals surface area (Å²) in [6.07, 6.45) is 0. The van der Waals surface area contributed by atoms with E-state index in [0.717, 1.165) is 21.9 Å². The molecule has 0 amide bonds. The molecule has 0 aliphatic rings. The number of alkyl halides is 1. The van der Waals surface area contributed by atoms with Gasteiger partial charge in [-0.2, -0.15) is 0 Å². The molecule has 2 aromatic heterocycles. The van der Waals surface area contributed by atoms with Crippen LogP contribution in [0.25, 0.3) is 11.0 Å². The molecule has 3 aromatic rings. The Kier molecular flexibility index (Phi) is 3.48. The summed E-state index contributed by atoms with van der Waals surface area (Å²) in [5, 5.41) is 0. The molecule has 3 rings (SSSR count). The Morgan fingerprint density at radius 2 is 2.15 bits per heavy atom. The molecule has 0 N–H and O–H groups in total. The molecule has 0 unspecified atom stereocenters. The number of benzene rings is 1. The number of imidazole rings is 1. The summed E-state index contributed by atoms with van der Waals surface area (Å²) in [6, 6.07) is 3.29. The molecule has 0 spiro atoms. The topological polar surface area (TPSA) is 30.7 Å². The smallest absolute Gasteiger partial charge is 0.128 e. The highest BCUT2D eigenvalue weighted by Crippen LogP contribution is 2.24. The summed E-state index contributed by atoms with van der Waals surface area (Å²) >= 11 is 7.58. The van der Waals surface area contributed by atoms with Crippen LogP contribution in [0.4, 0.5) is 4.39 Å². The Morgan fingerprint density at radius 1 is 1.35 bits per heavy atom. The third-order valence-electron chi connectivity index (χ3n) is 3.37. The van der Waals surface area contributed by atoms with E-state index in [9.17, 15) is 4.39 Å². The van der Waals surface area contributed by atoms with E-state index in [1.807, 2.05) is 23.1 Å². The van der Waals surface area contributed by atoms with Gasteiger partial charge >= 0.3 is 0 Å². The molecule has 0 atom stereocenters. The SMILES string of the molecule is Cc1cc2c(cc1F)nc(CCl)n2Cc1scnc1C. The summed E-state index contributed by atoms with van der Waals surface area (Å²) < 4.78 is 15.7. The van der Waals surface area contributed by atoms with Crippen LogP contribution in [-0.4, -0.2) is 14.5 Å². The Morgan fingerprint density at radius 3 is 2.80 bits per heavy atom. The fraction of sp³-hybridized carbons (Fsp3) is 0.286. The van der Waals surface area contributed by atoms with E-state index in [4.69, 9.17) is 11.6 Å². The second-order valence-electron chi connectivity index (χ2n) is 4.70. The first-order valence-corrected chi connectivity index (χ1v) is 7.61. The number of rotatable bonds is 3. The standard InChI is InChI=1S/C14H13ClFN3S/c1-8-3-12-11(4-10(8)16)18-14(5-15)19(12)6-13-9(2)17-7-20-13/h3-4,7H,5-6H2,1-2H3. The van der Waals surface area contributed by atoms with Gasteiger partial charge in [0.25, 0.3) is 0 Å². The maximum absolute atomic E-state index is 13.6. The first kappa shape index (κ1) is 13.5. The molecule has 0 fully saturated rings. The Balaban J connectivity index is 2.17. The number of fused-ring (bicyclic) bond motifs is 1. The summed E-state index contributed by atoms with van der Waals surface area (Å²) in [6.45, 7) is 4.40. The van der Waals surface area contributed by atoms with Gasteiger partial charge in [-0.05, 0) is 25.5 Å². The molecule has 3 nitrogen and oxygen atoms in total. The normalized spacial score (nSPS) is 11.4. The van der Waals surface area contributed by atoms with Gasteiger partial charge in [-0.3, -0.25) is 0 Å². The van der Waals surface area contributed by atoms with Crippen LogP contribution in [0.1, 0.15) is 22.0 Å². The van der Waals surface area contributed by atoms with Crippen molar-refractivity contribution in [3.63, 3.8) is 0 Å². The molecule has 2 heterocycles. The van der Waals surface area contributed by atoms with Gasteiger partial charge in [0.05, 0.1) is 34.7 Å². The summed E-state index contributed by atoms with van der Waals surface area (Å²) in [7, 11) is 0. The van der Waals surface area contributed by atoms with Crippen molar-refractivity contribution in [3.8, 4) is 0 Å². The molecule has 0 saturated heterocycles. The monoisotopic (exact) mass is 309 g/mol. The van der Waals surface area contributed by atoms with Crippen molar-refractivity contribution >= 4 is 34.0 Å². The number of hydrogen-bond donors (Lipinski definition) is 0. The van der Waals surface area contributed by atoms with Crippen molar-refractivity contribution in [2.45, 2.75) is 26.3 Å². The molecule has 1 aromatic carbocycles. The molecular weight excluding hydrogens is 297 g/mol. The van der Waals surface area contributed by atoms with Gasteiger partial charge in [-0.15, -0.1) is 22.9 Å². The van der Waals surface area contributed by atoms with E-state index >= 15 is 0 Å². The largest absolute Gasteiger partial charge is 0.322 e. The lowest BCUT2D eigenvalue weighted by molar-refractivity contribution is 0.620. The van der Waals surface area contributed by atoms with Crippen LogP contribution in [-0.2, 0) is 12.4 Å². The minimum Gasteiger partial charge on any atom is -0.322 e. The third kappa shape index (κ3) is 2.21. The number of aryl methyl sites for hydroxylation is 2.